The maximum atomic E-state index is 12.9. The summed E-state index contributed by atoms with van der Waals surface area (Å²) in [5.74, 6) is -0.716. The second kappa shape index (κ2) is 6.84. The van der Waals surface area contributed by atoms with Crippen LogP contribution in [0, 0.1) is 6.92 Å². The standard InChI is InChI=1S/C17H18N2O5/c1-11-15(16(18-24-11)12-5-3-2-4-6-12)17(22)19-7-8-23-13(10-19)9-14(20)21/h2-6,13H,7-10H2,1H3,(H,20,21). The van der Waals surface area contributed by atoms with Crippen LogP contribution in [0.15, 0.2) is 34.9 Å². The van der Waals surface area contributed by atoms with Crippen LogP contribution >= 0.6 is 0 Å². The molecule has 7 heteroatoms. The van der Waals surface area contributed by atoms with Crippen LogP contribution < -0.4 is 0 Å². The lowest BCUT2D eigenvalue weighted by Gasteiger charge is -2.32. The highest BCUT2D eigenvalue weighted by atomic mass is 16.5. The predicted octanol–water partition coefficient (Wildman–Crippen LogP) is 1.97. The summed E-state index contributed by atoms with van der Waals surface area (Å²) in [6.45, 7) is 2.66. The number of nitrogens with zero attached hydrogens (tertiary/aromatic N) is 2. The first-order valence-corrected chi connectivity index (χ1v) is 7.70. The number of carboxylic acids is 1. The van der Waals surface area contributed by atoms with Crippen LogP contribution in [-0.4, -0.2) is 52.8 Å². The zero-order valence-electron chi connectivity index (χ0n) is 13.3. The molecule has 2 aromatic rings. The quantitative estimate of drug-likeness (QED) is 0.921. The summed E-state index contributed by atoms with van der Waals surface area (Å²) >= 11 is 0. The Labute approximate surface area is 138 Å². The molecule has 126 valence electrons. The second-order valence-electron chi connectivity index (χ2n) is 5.67. The first-order chi connectivity index (χ1) is 11.6. The van der Waals surface area contributed by atoms with E-state index in [1.807, 2.05) is 30.3 Å². The van der Waals surface area contributed by atoms with Gasteiger partial charge in [-0.3, -0.25) is 9.59 Å². The van der Waals surface area contributed by atoms with Gasteiger partial charge in [-0.05, 0) is 6.92 Å². The summed E-state index contributed by atoms with van der Waals surface area (Å²) in [4.78, 5) is 25.4. The first kappa shape index (κ1) is 16.2. The Morgan fingerprint density at radius 2 is 2.08 bits per heavy atom. The molecule has 0 radical (unpaired) electrons. The Bertz CT molecular complexity index is 741. The number of aryl methyl sites for hydroxylation is 1. The van der Waals surface area contributed by atoms with Gasteiger partial charge in [0.1, 0.15) is 17.0 Å². The number of carbonyl (C=O) groups is 2. The van der Waals surface area contributed by atoms with Crippen molar-refractivity contribution in [2.45, 2.75) is 19.4 Å². The summed E-state index contributed by atoms with van der Waals surface area (Å²) < 4.78 is 10.6. The summed E-state index contributed by atoms with van der Waals surface area (Å²) in [7, 11) is 0. The number of rotatable bonds is 4. The molecule has 3 rings (SSSR count). The van der Waals surface area contributed by atoms with Gasteiger partial charge in [0.15, 0.2) is 0 Å². The average molecular weight is 330 g/mol. The number of benzene rings is 1. The molecule has 1 aliphatic rings. The zero-order valence-corrected chi connectivity index (χ0v) is 13.3. The number of carboxylic acid groups (broad SMARTS) is 1. The number of carbonyl (C=O) groups excluding carboxylic acids is 1. The molecule has 1 aromatic heterocycles. The van der Waals surface area contributed by atoms with Crippen molar-refractivity contribution >= 4 is 11.9 Å². The monoisotopic (exact) mass is 330 g/mol. The van der Waals surface area contributed by atoms with Gasteiger partial charge < -0.3 is 19.3 Å². The molecule has 7 nitrogen and oxygen atoms in total. The van der Waals surface area contributed by atoms with Gasteiger partial charge in [0.25, 0.3) is 5.91 Å². The molecule has 1 atom stereocenters. The van der Waals surface area contributed by atoms with Crippen molar-refractivity contribution in [3.05, 3.63) is 41.7 Å². The molecular formula is C17H18N2O5. The van der Waals surface area contributed by atoms with E-state index in [2.05, 4.69) is 5.16 Å². The number of morpholine rings is 1. The molecule has 0 spiro atoms. The van der Waals surface area contributed by atoms with Crippen molar-refractivity contribution in [2.24, 2.45) is 0 Å². The highest BCUT2D eigenvalue weighted by Crippen LogP contribution is 2.27. The minimum Gasteiger partial charge on any atom is -0.481 e. The summed E-state index contributed by atoms with van der Waals surface area (Å²) in [6, 6.07) is 9.34. The number of aliphatic carboxylic acids is 1. The largest absolute Gasteiger partial charge is 0.481 e. The van der Waals surface area contributed by atoms with E-state index in [1.165, 1.54) is 0 Å². The number of hydrogen-bond acceptors (Lipinski definition) is 5. The van der Waals surface area contributed by atoms with Crippen LogP contribution in [0.2, 0.25) is 0 Å². The van der Waals surface area contributed by atoms with E-state index in [0.29, 0.717) is 30.2 Å². The molecule has 1 aromatic carbocycles. The minimum atomic E-state index is -0.944. The van der Waals surface area contributed by atoms with E-state index in [9.17, 15) is 9.59 Å². The summed E-state index contributed by atoms with van der Waals surface area (Å²) in [5.41, 5.74) is 1.71. The fraction of sp³-hybridized carbons (Fsp3) is 0.353. The molecule has 1 aliphatic heterocycles. The van der Waals surface area contributed by atoms with Crippen LogP contribution in [0.4, 0.5) is 0 Å². The van der Waals surface area contributed by atoms with E-state index >= 15 is 0 Å². The molecule has 1 amide bonds. The lowest BCUT2D eigenvalue weighted by Crippen LogP contribution is -2.46. The topological polar surface area (TPSA) is 92.9 Å². The van der Waals surface area contributed by atoms with Crippen LogP contribution in [0.5, 0.6) is 0 Å². The lowest BCUT2D eigenvalue weighted by atomic mass is 10.0. The molecular weight excluding hydrogens is 312 g/mol. The molecule has 0 bridgehead atoms. The average Bonchev–Trinajstić information content (AvgIpc) is 2.96. The summed E-state index contributed by atoms with van der Waals surface area (Å²) in [6.07, 6.45) is -0.627. The number of hydrogen-bond donors (Lipinski definition) is 1. The molecule has 1 unspecified atom stereocenters. The van der Waals surface area contributed by atoms with Gasteiger partial charge in [0.05, 0.1) is 19.1 Å². The SMILES string of the molecule is Cc1onc(-c2ccccc2)c1C(=O)N1CCOC(CC(=O)O)C1. The van der Waals surface area contributed by atoms with Gasteiger partial charge in [0.2, 0.25) is 0 Å². The first-order valence-electron chi connectivity index (χ1n) is 7.70. The van der Waals surface area contributed by atoms with Gasteiger partial charge in [0, 0.05) is 18.7 Å². The Morgan fingerprint density at radius 1 is 1.33 bits per heavy atom. The fourth-order valence-corrected chi connectivity index (χ4v) is 2.80. The number of ether oxygens (including phenoxy) is 1. The number of amides is 1. The van der Waals surface area contributed by atoms with E-state index in [4.69, 9.17) is 14.4 Å². The van der Waals surface area contributed by atoms with Gasteiger partial charge in [-0.2, -0.15) is 0 Å². The number of aromatic nitrogens is 1. The molecule has 1 N–H and O–H groups in total. The Kier molecular flexibility index (Phi) is 4.61. The zero-order chi connectivity index (χ0) is 17.1. The molecule has 2 heterocycles. The minimum absolute atomic E-state index is 0.127. The smallest absolute Gasteiger partial charge is 0.306 e. The van der Waals surface area contributed by atoms with Gasteiger partial charge >= 0.3 is 5.97 Å². The molecule has 0 saturated carbocycles. The maximum absolute atomic E-state index is 12.9. The fourth-order valence-electron chi connectivity index (χ4n) is 2.80. The van der Waals surface area contributed by atoms with Crippen molar-refractivity contribution in [1.29, 1.82) is 0 Å². The highest BCUT2D eigenvalue weighted by Gasteiger charge is 2.30. The third-order valence-electron chi connectivity index (χ3n) is 3.95. The molecule has 24 heavy (non-hydrogen) atoms. The van der Waals surface area contributed by atoms with Crippen LogP contribution in [-0.2, 0) is 9.53 Å². The van der Waals surface area contributed by atoms with Gasteiger partial charge in [-0.25, -0.2) is 0 Å². The van der Waals surface area contributed by atoms with Gasteiger partial charge in [-0.15, -0.1) is 0 Å². The Morgan fingerprint density at radius 3 is 2.79 bits per heavy atom. The van der Waals surface area contributed by atoms with E-state index in [0.717, 1.165) is 5.56 Å². The third kappa shape index (κ3) is 3.30. The van der Waals surface area contributed by atoms with Gasteiger partial charge in [-0.1, -0.05) is 35.5 Å². The highest BCUT2D eigenvalue weighted by molar-refractivity contribution is 6.00. The van der Waals surface area contributed by atoms with Crippen LogP contribution in [0.1, 0.15) is 22.5 Å². The van der Waals surface area contributed by atoms with Crippen molar-refractivity contribution in [3.8, 4) is 11.3 Å². The maximum Gasteiger partial charge on any atom is 0.306 e. The molecule has 0 aliphatic carbocycles. The normalized spacial score (nSPS) is 17.7. The van der Waals surface area contributed by atoms with Crippen LogP contribution in [0.25, 0.3) is 11.3 Å². The molecule has 1 fully saturated rings. The molecule has 1 saturated heterocycles. The van der Waals surface area contributed by atoms with Crippen molar-refractivity contribution in [2.75, 3.05) is 19.7 Å². The third-order valence-corrected chi connectivity index (χ3v) is 3.95. The van der Waals surface area contributed by atoms with E-state index < -0.39 is 12.1 Å². The lowest BCUT2D eigenvalue weighted by molar-refractivity contribution is -0.141. The Hall–Kier alpha value is -2.67. The van der Waals surface area contributed by atoms with Crippen molar-refractivity contribution in [3.63, 3.8) is 0 Å². The Balaban J connectivity index is 1.85. The van der Waals surface area contributed by atoms with Crippen LogP contribution in [0.3, 0.4) is 0 Å². The van der Waals surface area contributed by atoms with Crippen molar-refractivity contribution < 1.29 is 24.0 Å². The van der Waals surface area contributed by atoms with Crippen molar-refractivity contribution in [1.82, 2.24) is 10.1 Å². The van der Waals surface area contributed by atoms with E-state index in [-0.39, 0.29) is 18.9 Å². The second-order valence-corrected chi connectivity index (χ2v) is 5.67. The van der Waals surface area contributed by atoms with E-state index in [1.54, 1.807) is 11.8 Å². The summed E-state index contributed by atoms with van der Waals surface area (Å²) in [5, 5.41) is 12.9. The predicted molar refractivity (Wildman–Crippen MR) is 84.6 cm³/mol.